The number of aromatic carboxylic acids is 1. The van der Waals surface area contributed by atoms with Gasteiger partial charge in [0.15, 0.2) is 5.75 Å². The van der Waals surface area contributed by atoms with Crippen LogP contribution in [0, 0.1) is 5.82 Å². The van der Waals surface area contributed by atoms with Crippen LogP contribution in [0.25, 0.3) is 0 Å². The maximum atomic E-state index is 13.3. The van der Waals surface area contributed by atoms with Gasteiger partial charge in [-0.3, -0.25) is 4.68 Å². The molecule has 1 N–H and O–H groups in total. The van der Waals surface area contributed by atoms with E-state index < -0.39 is 11.8 Å². The van der Waals surface area contributed by atoms with Crippen LogP contribution in [0.15, 0.2) is 30.6 Å². The Bertz CT molecular complexity index is 610. The Kier molecular flexibility index (Phi) is 4.34. The van der Waals surface area contributed by atoms with E-state index in [1.54, 1.807) is 17.1 Å². The van der Waals surface area contributed by atoms with E-state index in [9.17, 15) is 9.18 Å². The summed E-state index contributed by atoms with van der Waals surface area (Å²) in [6.45, 7) is 2.94. The van der Waals surface area contributed by atoms with Crippen molar-refractivity contribution in [1.29, 1.82) is 0 Å². The summed E-state index contributed by atoms with van der Waals surface area (Å²) in [5.41, 5.74) is 0.371. The largest absolute Gasteiger partial charge is 0.486 e. The third-order valence-electron chi connectivity index (χ3n) is 2.67. The van der Waals surface area contributed by atoms with Crippen LogP contribution in [-0.4, -0.2) is 20.9 Å². The zero-order valence-corrected chi connectivity index (χ0v) is 11.0. The number of carbonyl (C=O) groups is 1. The van der Waals surface area contributed by atoms with Gasteiger partial charge < -0.3 is 9.84 Å². The predicted octanol–water partition coefficient (Wildman–Crippen LogP) is 2.71. The van der Waals surface area contributed by atoms with E-state index in [2.05, 4.69) is 5.10 Å². The Balaban J connectivity index is 2.04. The third kappa shape index (κ3) is 3.57. The van der Waals surface area contributed by atoms with E-state index in [0.717, 1.165) is 19.0 Å². The van der Waals surface area contributed by atoms with Crippen molar-refractivity contribution in [3.8, 4) is 5.75 Å². The Morgan fingerprint density at radius 3 is 2.95 bits per heavy atom. The van der Waals surface area contributed by atoms with Crippen molar-refractivity contribution in [3.63, 3.8) is 0 Å². The van der Waals surface area contributed by atoms with Crippen molar-refractivity contribution in [2.45, 2.75) is 26.5 Å². The maximum absolute atomic E-state index is 13.3. The number of hydrogen-bond acceptors (Lipinski definition) is 3. The first kappa shape index (κ1) is 14.0. The lowest BCUT2D eigenvalue weighted by Gasteiger charge is -2.05. The van der Waals surface area contributed by atoms with Gasteiger partial charge in [-0.05, 0) is 30.2 Å². The molecule has 0 aliphatic rings. The summed E-state index contributed by atoms with van der Waals surface area (Å²) in [5, 5.41) is 13.0. The molecule has 1 aromatic heterocycles. The Morgan fingerprint density at radius 2 is 2.25 bits per heavy atom. The second-order valence-corrected chi connectivity index (χ2v) is 4.38. The fourth-order valence-electron chi connectivity index (χ4n) is 1.79. The summed E-state index contributed by atoms with van der Waals surface area (Å²) in [4.78, 5) is 10.8. The zero-order valence-electron chi connectivity index (χ0n) is 11.0. The second-order valence-electron chi connectivity index (χ2n) is 4.38. The summed E-state index contributed by atoms with van der Waals surface area (Å²) in [7, 11) is 0. The minimum Gasteiger partial charge on any atom is -0.486 e. The van der Waals surface area contributed by atoms with Crippen molar-refractivity contribution >= 4 is 5.97 Å². The van der Waals surface area contributed by atoms with Crippen LogP contribution < -0.4 is 4.74 Å². The molecular weight excluding hydrogens is 263 g/mol. The number of halogens is 1. The fourth-order valence-corrected chi connectivity index (χ4v) is 1.79. The van der Waals surface area contributed by atoms with E-state index in [4.69, 9.17) is 9.84 Å². The Labute approximate surface area is 115 Å². The number of nitrogens with zero attached hydrogens (tertiary/aromatic N) is 2. The molecule has 5 nitrogen and oxygen atoms in total. The van der Waals surface area contributed by atoms with Crippen LogP contribution in [0.4, 0.5) is 4.39 Å². The van der Waals surface area contributed by atoms with Crippen molar-refractivity contribution in [2.75, 3.05) is 0 Å². The average Bonchev–Trinajstić information content (AvgIpc) is 2.84. The highest BCUT2D eigenvalue weighted by Crippen LogP contribution is 2.14. The molecule has 106 valence electrons. The zero-order chi connectivity index (χ0) is 14.5. The lowest BCUT2D eigenvalue weighted by molar-refractivity contribution is 0.0696. The molecule has 1 aromatic carbocycles. The first-order valence-corrected chi connectivity index (χ1v) is 6.26. The van der Waals surface area contributed by atoms with E-state index in [-0.39, 0.29) is 12.2 Å². The van der Waals surface area contributed by atoms with Gasteiger partial charge >= 0.3 is 5.97 Å². The van der Waals surface area contributed by atoms with Crippen LogP contribution in [0.1, 0.15) is 29.3 Å². The molecule has 20 heavy (non-hydrogen) atoms. The lowest BCUT2D eigenvalue weighted by atomic mass is 10.1. The summed E-state index contributed by atoms with van der Waals surface area (Å²) in [6.07, 6.45) is 4.29. The predicted molar refractivity (Wildman–Crippen MR) is 70.2 cm³/mol. The van der Waals surface area contributed by atoms with Crippen LogP contribution >= 0.6 is 0 Å². The molecule has 0 radical (unpaired) electrons. The maximum Gasteiger partial charge on any atom is 0.335 e. The molecule has 0 spiro atoms. The van der Waals surface area contributed by atoms with Gasteiger partial charge in [-0.15, -0.1) is 0 Å². The summed E-state index contributed by atoms with van der Waals surface area (Å²) < 4.78 is 20.5. The summed E-state index contributed by atoms with van der Waals surface area (Å²) in [5.74, 6) is -1.19. The van der Waals surface area contributed by atoms with Gasteiger partial charge in [0.1, 0.15) is 12.4 Å². The van der Waals surface area contributed by atoms with Crippen molar-refractivity contribution in [1.82, 2.24) is 9.78 Å². The van der Waals surface area contributed by atoms with Crippen LogP contribution in [0.2, 0.25) is 0 Å². The highest BCUT2D eigenvalue weighted by Gasteiger charge is 2.08. The highest BCUT2D eigenvalue weighted by atomic mass is 19.1. The molecule has 0 saturated heterocycles. The van der Waals surface area contributed by atoms with E-state index in [0.29, 0.717) is 11.3 Å². The molecule has 0 aliphatic heterocycles. The number of hydrogen-bond donors (Lipinski definition) is 1. The molecule has 0 unspecified atom stereocenters. The van der Waals surface area contributed by atoms with Crippen molar-refractivity contribution in [2.24, 2.45) is 0 Å². The summed E-state index contributed by atoms with van der Waals surface area (Å²) >= 11 is 0. The monoisotopic (exact) mass is 278 g/mol. The molecule has 2 aromatic rings. The van der Waals surface area contributed by atoms with Gasteiger partial charge in [-0.1, -0.05) is 6.92 Å². The van der Waals surface area contributed by atoms with Gasteiger partial charge in [0, 0.05) is 6.54 Å². The molecule has 2 rings (SSSR count). The van der Waals surface area contributed by atoms with E-state index >= 15 is 0 Å². The van der Waals surface area contributed by atoms with Crippen LogP contribution in [0.5, 0.6) is 5.75 Å². The van der Waals surface area contributed by atoms with Gasteiger partial charge in [-0.25, -0.2) is 9.18 Å². The van der Waals surface area contributed by atoms with Gasteiger partial charge in [0.05, 0.1) is 18.0 Å². The minimum atomic E-state index is -1.17. The van der Waals surface area contributed by atoms with Gasteiger partial charge in [0.2, 0.25) is 0 Å². The third-order valence-corrected chi connectivity index (χ3v) is 2.67. The molecule has 1 heterocycles. The molecule has 0 amide bonds. The normalized spacial score (nSPS) is 10.5. The first-order valence-electron chi connectivity index (χ1n) is 6.26. The standard InChI is InChI=1S/C14H15FN2O3/c1-2-3-17-8-13(7-16-17)20-9-10-4-11(14(18)19)6-12(15)5-10/h4-8H,2-3,9H2,1H3,(H,18,19). The topological polar surface area (TPSA) is 64.3 Å². The van der Waals surface area contributed by atoms with Crippen LogP contribution in [0.3, 0.4) is 0 Å². The Morgan fingerprint density at radius 1 is 1.45 bits per heavy atom. The number of ether oxygens (including phenoxy) is 1. The average molecular weight is 278 g/mol. The quantitative estimate of drug-likeness (QED) is 0.882. The SMILES string of the molecule is CCCn1cc(OCc2cc(F)cc(C(=O)O)c2)cn1. The number of carboxylic acid groups (broad SMARTS) is 1. The second kappa shape index (κ2) is 6.18. The lowest BCUT2D eigenvalue weighted by Crippen LogP contribution is -2.01. The Hall–Kier alpha value is -2.37. The molecule has 0 bridgehead atoms. The first-order chi connectivity index (χ1) is 9.58. The van der Waals surface area contributed by atoms with Crippen molar-refractivity contribution in [3.05, 3.63) is 47.5 Å². The number of benzene rings is 1. The van der Waals surface area contributed by atoms with Gasteiger partial charge in [0.25, 0.3) is 0 Å². The molecule has 6 heteroatoms. The number of aryl methyl sites for hydroxylation is 1. The number of carboxylic acids is 1. The van der Waals surface area contributed by atoms with E-state index in [1.807, 2.05) is 6.92 Å². The molecule has 0 aliphatic carbocycles. The highest BCUT2D eigenvalue weighted by molar-refractivity contribution is 5.87. The minimum absolute atomic E-state index is 0.0923. The molecular formula is C14H15FN2O3. The molecule has 0 saturated carbocycles. The summed E-state index contributed by atoms with van der Waals surface area (Å²) in [6, 6.07) is 3.62. The number of rotatable bonds is 6. The molecule has 0 fully saturated rings. The fraction of sp³-hybridized carbons (Fsp3) is 0.286. The molecule has 0 atom stereocenters. The van der Waals surface area contributed by atoms with E-state index in [1.165, 1.54) is 12.1 Å². The van der Waals surface area contributed by atoms with Crippen molar-refractivity contribution < 1.29 is 19.0 Å². The smallest absolute Gasteiger partial charge is 0.335 e. The number of aromatic nitrogens is 2. The van der Waals surface area contributed by atoms with Gasteiger partial charge in [-0.2, -0.15) is 5.10 Å². The van der Waals surface area contributed by atoms with Crippen LogP contribution in [-0.2, 0) is 13.2 Å².